The molecule has 0 aliphatic carbocycles. The minimum atomic E-state index is -5.03. The molecular weight excluding hydrogens is 485 g/mol. The third-order valence-corrected chi connectivity index (χ3v) is 7.80. The number of nitrogens with zero attached hydrogens (tertiary/aromatic N) is 1. The summed E-state index contributed by atoms with van der Waals surface area (Å²) in [6.07, 6.45) is -5.03. The minimum absolute atomic E-state index is 0.0134. The second-order valence-corrected chi connectivity index (χ2v) is 9.87. The topological polar surface area (TPSA) is 141 Å². The minimum Gasteiger partial charge on any atom is -0.507 e. The predicted octanol–water partition coefficient (Wildman–Crippen LogP) is 3.70. The average Bonchev–Trinajstić information content (AvgIpc) is 2.78. The number of alkyl halides is 3. The Bertz CT molecular complexity index is 1440. The highest BCUT2D eigenvalue weighted by Crippen LogP contribution is 2.44. The van der Waals surface area contributed by atoms with Crippen molar-refractivity contribution in [3.05, 3.63) is 83.4 Å². The van der Waals surface area contributed by atoms with Gasteiger partial charge < -0.3 is 15.9 Å². The van der Waals surface area contributed by atoms with Crippen molar-refractivity contribution < 1.29 is 36.6 Å². The Labute approximate surface area is 198 Å². The molecule has 0 aromatic heterocycles. The summed E-state index contributed by atoms with van der Waals surface area (Å²) in [4.78, 5) is 11.7. The molecule has 2 atom stereocenters. The standard InChI is InChI=1S/C24H19F3N2O5S/c1-23(32,22(29)31)21(14-10-11-15(13-28)18(12-14)24(25,26)27)35(33,34)20-9-5-3-7-17(20)16-6-2-4-8-19(16)30/h2-12,21,30,32H,1H3,(H2,29,31). The number of aliphatic hydroxyl groups is 1. The van der Waals surface area contributed by atoms with E-state index in [4.69, 9.17) is 11.0 Å². The third kappa shape index (κ3) is 4.71. The van der Waals surface area contributed by atoms with E-state index in [2.05, 4.69) is 0 Å². The fourth-order valence-corrected chi connectivity index (χ4v) is 5.99. The fraction of sp³-hybridized carbons (Fsp3) is 0.167. The number of carbonyl (C=O) groups excluding carboxylic acids is 1. The summed E-state index contributed by atoms with van der Waals surface area (Å²) in [6.45, 7) is 0.783. The van der Waals surface area contributed by atoms with Crippen LogP contribution in [0.4, 0.5) is 13.2 Å². The summed E-state index contributed by atoms with van der Waals surface area (Å²) >= 11 is 0. The molecule has 0 saturated heterocycles. The molecule has 2 unspecified atom stereocenters. The number of nitriles is 1. The number of nitrogens with two attached hydrogens (primary N) is 1. The summed E-state index contributed by atoms with van der Waals surface area (Å²) in [5.41, 5.74) is -0.322. The average molecular weight is 504 g/mol. The van der Waals surface area contributed by atoms with Crippen molar-refractivity contribution in [2.24, 2.45) is 5.73 Å². The Kier molecular flexibility index (Phi) is 6.66. The number of phenolic OH excluding ortho intramolecular Hbond substituents is 1. The number of hydrogen-bond donors (Lipinski definition) is 3. The number of primary amides is 1. The SMILES string of the molecule is CC(O)(C(N)=O)C(c1ccc(C#N)c(C(F)(F)F)c1)S(=O)(=O)c1ccccc1-c1ccccc1O. The molecule has 3 aromatic carbocycles. The smallest absolute Gasteiger partial charge is 0.417 e. The molecule has 0 saturated carbocycles. The molecule has 3 rings (SSSR count). The molecule has 0 aliphatic rings. The Balaban J connectivity index is 2.37. The number of amides is 1. The monoisotopic (exact) mass is 504 g/mol. The van der Waals surface area contributed by atoms with Crippen LogP contribution in [0.3, 0.4) is 0 Å². The molecule has 0 radical (unpaired) electrons. The molecule has 0 fully saturated rings. The van der Waals surface area contributed by atoms with Crippen molar-refractivity contribution in [3.8, 4) is 22.9 Å². The Morgan fingerprint density at radius 1 is 1.03 bits per heavy atom. The van der Waals surface area contributed by atoms with Crippen LogP contribution in [0.1, 0.15) is 28.9 Å². The zero-order valence-electron chi connectivity index (χ0n) is 18.1. The van der Waals surface area contributed by atoms with Gasteiger partial charge in [-0.1, -0.05) is 42.5 Å². The lowest BCUT2D eigenvalue weighted by atomic mass is 9.92. The van der Waals surface area contributed by atoms with Gasteiger partial charge in [0.25, 0.3) is 5.91 Å². The molecule has 0 heterocycles. The normalized spacial score (nSPS) is 14.5. The molecule has 35 heavy (non-hydrogen) atoms. The highest BCUT2D eigenvalue weighted by Gasteiger charge is 2.49. The van der Waals surface area contributed by atoms with Crippen LogP contribution in [-0.4, -0.2) is 30.1 Å². The van der Waals surface area contributed by atoms with Gasteiger partial charge in [-0.3, -0.25) is 4.79 Å². The van der Waals surface area contributed by atoms with E-state index in [1.165, 1.54) is 48.5 Å². The van der Waals surface area contributed by atoms with Crippen molar-refractivity contribution in [2.45, 2.75) is 28.8 Å². The maximum absolute atomic E-state index is 13.9. The largest absolute Gasteiger partial charge is 0.507 e. The van der Waals surface area contributed by atoms with E-state index in [1.807, 2.05) is 0 Å². The van der Waals surface area contributed by atoms with E-state index < -0.39 is 54.4 Å². The Morgan fingerprint density at radius 3 is 2.14 bits per heavy atom. The quantitative estimate of drug-likeness (QED) is 0.467. The zero-order chi connectivity index (χ0) is 26.2. The van der Waals surface area contributed by atoms with Gasteiger partial charge in [-0.15, -0.1) is 0 Å². The number of carbonyl (C=O) groups is 1. The summed E-state index contributed by atoms with van der Waals surface area (Å²) in [7, 11) is -4.85. The van der Waals surface area contributed by atoms with Gasteiger partial charge in [-0.2, -0.15) is 18.4 Å². The second-order valence-electron chi connectivity index (χ2n) is 7.86. The van der Waals surface area contributed by atoms with Gasteiger partial charge in [0.15, 0.2) is 15.4 Å². The molecule has 1 amide bonds. The molecule has 11 heteroatoms. The van der Waals surface area contributed by atoms with E-state index in [1.54, 1.807) is 0 Å². The number of halogens is 3. The first-order valence-electron chi connectivity index (χ1n) is 9.97. The summed E-state index contributed by atoms with van der Waals surface area (Å²) in [5, 5.41) is 27.9. The molecule has 0 bridgehead atoms. The van der Waals surface area contributed by atoms with Crippen molar-refractivity contribution in [2.75, 3.05) is 0 Å². The lowest BCUT2D eigenvalue weighted by Crippen LogP contribution is -2.49. The number of phenols is 1. The van der Waals surface area contributed by atoms with Gasteiger partial charge in [-0.05, 0) is 36.8 Å². The van der Waals surface area contributed by atoms with E-state index in [0.717, 1.165) is 25.1 Å². The Morgan fingerprint density at radius 2 is 1.60 bits per heavy atom. The van der Waals surface area contributed by atoms with Gasteiger partial charge in [0.05, 0.1) is 22.1 Å². The highest BCUT2D eigenvalue weighted by molar-refractivity contribution is 7.92. The van der Waals surface area contributed by atoms with Gasteiger partial charge in [0.1, 0.15) is 11.0 Å². The zero-order valence-corrected chi connectivity index (χ0v) is 18.9. The second kappa shape index (κ2) is 9.05. The van der Waals surface area contributed by atoms with Crippen LogP contribution >= 0.6 is 0 Å². The van der Waals surface area contributed by atoms with Crippen molar-refractivity contribution in [1.29, 1.82) is 5.26 Å². The van der Waals surface area contributed by atoms with E-state index in [9.17, 15) is 36.6 Å². The predicted molar refractivity (Wildman–Crippen MR) is 119 cm³/mol. The van der Waals surface area contributed by atoms with Crippen LogP contribution in [0.25, 0.3) is 11.1 Å². The van der Waals surface area contributed by atoms with Crippen LogP contribution in [-0.2, 0) is 20.8 Å². The molecule has 0 spiro atoms. The molecule has 3 aromatic rings. The van der Waals surface area contributed by atoms with E-state index in [0.29, 0.717) is 6.07 Å². The molecule has 182 valence electrons. The van der Waals surface area contributed by atoms with E-state index in [-0.39, 0.29) is 16.9 Å². The van der Waals surface area contributed by atoms with Gasteiger partial charge in [0.2, 0.25) is 0 Å². The van der Waals surface area contributed by atoms with E-state index >= 15 is 0 Å². The summed E-state index contributed by atoms with van der Waals surface area (Å²) in [5.74, 6) is -1.77. The molecular formula is C24H19F3N2O5S. The number of aromatic hydroxyl groups is 1. The third-order valence-electron chi connectivity index (χ3n) is 5.48. The van der Waals surface area contributed by atoms with Crippen LogP contribution in [0, 0.1) is 11.3 Å². The summed E-state index contributed by atoms with van der Waals surface area (Å²) < 4.78 is 68.6. The number of para-hydroxylation sites is 1. The van der Waals surface area contributed by atoms with Crippen LogP contribution in [0.5, 0.6) is 5.75 Å². The molecule has 7 nitrogen and oxygen atoms in total. The number of rotatable bonds is 6. The maximum atomic E-state index is 13.9. The first-order valence-corrected chi connectivity index (χ1v) is 11.5. The first-order chi connectivity index (χ1) is 16.2. The van der Waals surface area contributed by atoms with Crippen LogP contribution in [0.15, 0.2) is 71.6 Å². The van der Waals surface area contributed by atoms with Gasteiger partial charge in [-0.25, -0.2) is 8.42 Å². The lowest BCUT2D eigenvalue weighted by Gasteiger charge is -2.31. The fourth-order valence-electron chi connectivity index (χ4n) is 3.76. The van der Waals surface area contributed by atoms with Gasteiger partial charge in [0, 0.05) is 11.1 Å². The van der Waals surface area contributed by atoms with Crippen molar-refractivity contribution >= 4 is 15.7 Å². The lowest BCUT2D eigenvalue weighted by molar-refractivity contribution is -0.137. The number of benzene rings is 3. The van der Waals surface area contributed by atoms with Crippen LogP contribution < -0.4 is 5.73 Å². The molecule has 0 aliphatic heterocycles. The van der Waals surface area contributed by atoms with Crippen molar-refractivity contribution in [1.82, 2.24) is 0 Å². The first kappa shape index (κ1) is 25.7. The highest BCUT2D eigenvalue weighted by atomic mass is 32.2. The number of hydrogen-bond acceptors (Lipinski definition) is 6. The summed E-state index contributed by atoms with van der Waals surface area (Å²) in [6, 6.07) is 14.5. The number of sulfone groups is 1. The Hall–Kier alpha value is -3.88. The maximum Gasteiger partial charge on any atom is 0.417 e. The van der Waals surface area contributed by atoms with Crippen LogP contribution in [0.2, 0.25) is 0 Å². The molecule has 4 N–H and O–H groups in total. The van der Waals surface area contributed by atoms with Gasteiger partial charge >= 0.3 is 6.18 Å². The van der Waals surface area contributed by atoms with Crippen molar-refractivity contribution in [3.63, 3.8) is 0 Å².